The van der Waals surface area contributed by atoms with E-state index in [4.69, 9.17) is 17.0 Å². The average Bonchev–Trinajstić information content (AvgIpc) is 2.62. The van der Waals surface area contributed by atoms with Crippen molar-refractivity contribution in [2.75, 3.05) is 20.3 Å². The van der Waals surface area contributed by atoms with Crippen LogP contribution in [0, 0.1) is 0 Å². The van der Waals surface area contributed by atoms with Crippen molar-refractivity contribution in [2.24, 2.45) is 0 Å². The van der Waals surface area contributed by atoms with Crippen molar-refractivity contribution in [1.29, 1.82) is 0 Å². The Kier molecular flexibility index (Phi) is 6.16. The highest BCUT2D eigenvalue weighted by Gasteiger charge is 1.98. The first-order valence-electron chi connectivity index (χ1n) is 4.47. The average molecular weight is 309 g/mol. The second-order valence-electron chi connectivity index (χ2n) is 2.81. The molecule has 0 unspecified atom stereocenters. The lowest BCUT2D eigenvalue weighted by molar-refractivity contribution is 0.204. The summed E-state index contributed by atoms with van der Waals surface area (Å²) in [6.07, 6.45) is 0. The van der Waals surface area contributed by atoms with Gasteiger partial charge in [-0.15, -0.1) is 11.3 Å². The molecule has 0 aliphatic carbocycles. The van der Waals surface area contributed by atoms with Crippen LogP contribution in [-0.2, 0) is 11.3 Å². The zero-order chi connectivity index (χ0) is 11.1. The Labute approximate surface area is 107 Å². The molecule has 0 atom stereocenters. The van der Waals surface area contributed by atoms with Crippen LogP contribution in [0.3, 0.4) is 0 Å². The van der Waals surface area contributed by atoms with Crippen molar-refractivity contribution in [3.63, 3.8) is 0 Å². The van der Waals surface area contributed by atoms with Crippen LogP contribution in [0.1, 0.15) is 4.88 Å². The number of rotatable bonds is 5. The Morgan fingerprint density at radius 3 is 2.93 bits per heavy atom. The number of halogens is 1. The zero-order valence-electron chi connectivity index (χ0n) is 8.38. The number of thiocarbonyl (C=S) groups is 1. The molecule has 1 rings (SSSR count). The molecule has 1 aromatic heterocycles. The third-order valence-electron chi connectivity index (χ3n) is 1.64. The lowest BCUT2D eigenvalue weighted by Crippen LogP contribution is -2.36. The maximum atomic E-state index is 5.09. The molecule has 3 nitrogen and oxygen atoms in total. The van der Waals surface area contributed by atoms with Gasteiger partial charge in [0.15, 0.2) is 5.11 Å². The summed E-state index contributed by atoms with van der Waals surface area (Å²) in [6.45, 7) is 2.15. The van der Waals surface area contributed by atoms with E-state index in [0.717, 1.165) is 16.9 Å². The van der Waals surface area contributed by atoms with Gasteiger partial charge in [-0.25, -0.2) is 0 Å². The number of hydrogen-bond donors (Lipinski definition) is 2. The number of ether oxygens (including phenoxy) is 1. The van der Waals surface area contributed by atoms with E-state index in [0.29, 0.717) is 11.7 Å². The first-order chi connectivity index (χ1) is 7.22. The molecule has 15 heavy (non-hydrogen) atoms. The summed E-state index contributed by atoms with van der Waals surface area (Å²) in [5.74, 6) is 0. The molecule has 1 heterocycles. The summed E-state index contributed by atoms with van der Waals surface area (Å²) in [6, 6.07) is 4.10. The van der Waals surface area contributed by atoms with Crippen LogP contribution in [0.25, 0.3) is 0 Å². The third-order valence-corrected chi connectivity index (χ3v) is 3.56. The monoisotopic (exact) mass is 308 g/mol. The van der Waals surface area contributed by atoms with E-state index >= 15 is 0 Å². The second-order valence-corrected chi connectivity index (χ2v) is 5.76. The minimum atomic E-state index is 0.659. The molecule has 0 saturated heterocycles. The van der Waals surface area contributed by atoms with Gasteiger partial charge < -0.3 is 15.4 Å². The van der Waals surface area contributed by atoms with Gasteiger partial charge in [0.05, 0.1) is 16.9 Å². The van der Waals surface area contributed by atoms with Gasteiger partial charge in [-0.05, 0) is 40.3 Å². The predicted octanol–water partition coefficient (Wildman–Crippen LogP) is 2.12. The Bertz CT molecular complexity index is 317. The first kappa shape index (κ1) is 12.9. The lowest BCUT2D eigenvalue weighted by atomic mass is 10.5. The van der Waals surface area contributed by atoms with E-state index in [1.807, 2.05) is 6.07 Å². The maximum absolute atomic E-state index is 5.09. The highest BCUT2D eigenvalue weighted by molar-refractivity contribution is 9.11. The van der Waals surface area contributed by atoms with Crippen molar-refractivity contribution in [3.8, 4) is 0 Å². The van der Waals surface area contributed by atoms with E-state index in [2.05, 4.69) is 32.6 Å². The first-order valence-corrected chi connectivity index (χ1v) is 6.49. The van der Waals surface area contributed by atoms with Gasteiger partial charge in [-0.2, -0.15) is 0 Å². The zero-order valence-corrected chi connectivity index (χ0v) is 11.6. The Hall–Kier alpha value is -0.170. The molecule has 0 fully saturated rings. The standard InChI is InChI=1S/C9H13BrN2OS2/c1-13-5-4-11-9(14)12-6-7-2-3-8(10)15-7/h2-3H,4-6H2,1H3,(H2,11,12,14). The largest absolute Gasteiger partial charge is 0.383 e. The van der Waals surface area contributed by atoms with Crippen LogP contribution >= 0.6 is 39.5 Å². The second kappa shape index (κ2) is 7.16. The van der Waals surface area contributed by atoms with Gasteiger partial charge in [0.1, 0.15) is 0 Å². The quantitative estimate of drug-likeness (QED) is 0.645. The molecule has 6 heteroatoms. The smallest absolute Gasteiger partial charge is 0.166 e. The van der Waals surface area contributed by atoms with Crippen LogP contribution in [-0.4, -0.2) is 25.4 Å². The molecular formula is C9H13BrN2OS2. The Morgan fingerprint density at radius 2 is 2.33 bits per heavy atom. The van der Waals surface area contributed by atoms with Crippen LogP contribution in [0.5, 0.6) is 0 Å². The minimum absolute atomic E-state index is 0.659. The summed E-state index contributed by atoms with van der Waals surface area (Å²) in [4.78, 5) is 1.25. The summed E-state index contributed by atoms with van der Waals surface area (Å²) in [5, 5.41) is 6.84. The summed E-state index contributed by atoms with van der Waals surface area (Å²) in [5.41, 5.74) is 0. The van der Waals surface area contributed by atoms with Gasteiger partial charge in [0, 0.05) is 18.5 Å². The molecule has 0 amide bonds. The van der Waals surface area contributed by atoms with E-state index < -0.39 is 0 Å². The third kappa shape index (κ3) is 5.46. The number of nitrogens with one attached hydrogen (secondary N) is 2. The van der Waals surface area contributed by atoms with Gasteiger partial charge in [0.25, 0.3) is 0 Å². The van der Waals surface area contributed by atoms with Crippen LogP contribution in [0.4, 0.5) is 0 Å². The summed E-state index contributed by atoms with van der Waals surface area (Å²) in [7, 11) is 1.67. The molecule has 2 N–H and O–H groups in total. The molecule has 0 spiro atoms. The van der Waals surface area contributed by atoms with Gasteiger partial charge in [0.2, 0.25) is 0 Å². The Morgan fingerprint density at radius 1 is 1.53 bits per heavy atom. The molecule has 1 aromatic rings. The maximum Gasteiger partial charge on any atom is 0.166 e. The van der Waals surface area contributed by atoms with Crippen molar-refractivity contribution in [3.05, 3.63) is 20.8 Å². The van der Waals surface area contributed by atoms with E-state index in [1.54, 1.807) is 18.4 Å². The van der Waals surface area contributed by atoms with Crippen LogP contribution < -0.4 is 10.6 Å². The van der Waals surface area contributed by atoms with Crippen molar-refractivity contribution < 1.29 is 4.74 Å². The van der Waals surface area contributed by atoms with E-state index in [9.17, 15) is 0 Å². The molecule has 84 valence electrons. The van der Waals surface area contributed by atoms with Crippen molar-refractivity contribution in [2.45, 2.75) is 6.54 Å². The van der Waals surface area contributed by atoms with Crippen LogP contribution in [0.15, 0.2) is 15.9 Å². The van der Waals surface area contributed by atoms with E-state index in [1.165, 1.54) is 4.88 Å². The Balaban J connectivity index is 2.16. The minimum Gasteiger partial charge on any atom is -0.383 e. The SMILES string of the molecule is COCCNC(=S)NCc1ccc(Br)s1. The molecule has 0 aromatic carbocycles. The fourth-order valence-electron chi connectivity index (χ4n) is 0.943. The molecule has 0 aliphatic rings. The van der Waals surface area contributed by atoms with Gasteiger partial charge in [-0.1, -0.05) is 0 Å². The molecule has 0 saturated carbocycles. The molecular weight excluding hydrogens is 296 g/mol. The van der Waals surface area contributed by atoms with Gasteiger partial charge >= 0.3 is 0 Å². The summed E-state index contributed by atoms with van der Waals surface area (Å²) < 4.78 is 6.04. The molecule has 0 radical (unpaired) electrons. The normalized spacial score (nSPS) is 10.0. The van der Waals surface area contributed by atoms with Crippen LogP contribution in [0.2, 0.25) is 0 Å². The lowest BCUT2D eigenvalue weighted by Gasteiger charge is -2.08. The molecule has 0 bridgehead atoms. The highest BCUT2D eigenvalue weighted by Crippen LogP contribution is 2.21. The van der Waals surface area contributed by atoms with Gasteiger partial charge in [-0.3, -0.25) is 0 Å². The van der Waals surface area contributed by atoms with Crippen molar-refractivity contribution >= 4 is 44.6 Å². The topological polar surface area (TPSA) is 33.3 Å². The number of thiophene rings is 1. The number of methoxy groups -OCH3 is 1. The van der Waals surface area contributed by atoms with Crippen molar-refractivity contribution in [1.82, 2.24) is 10.6 Å². The summed E-state index contributed by atoms with van der Waals surface area (Å²) >= 11 is 10.2. The fraction of sp³-hybridized carbons (Fsp3) is 0.444. The fourth-order valence-corrected chi connectivity index (χ4v) is 2.54. The van der Waals surface area contributed by atoms with E-state index in [-0.39, 0.29) is 0 Å². The molecule has 0 aliphatic heterocycles. The number of hydrogen-bond acceptors (Lipinski definition) is 3. The predicted molar refractivity (Wildman–Crippen MR) is 71.3 cm³/mol. The highest BCUT2D eigenvalue weighted by atomic mass is 79.9.